The predicted octanol–water partition coefficient (Wildman–Crippen LogP) is 9.50. The molecule has 0 spiro atoms. The topological polar surface area (TPSA) is 75.8 Å². The van der Waals surface area contributed by atoms with Crippen molar-refractivity contribution >= 4 is 48.7 Å². The molecule has 0 aliphatic carbocycles. The smallest absolute Gasteiger partial charge is 0.102 e. The second kappa shape index (κ2) is 9.32. The summed E-state index contributed by atoms with van der Waals surface area (Å²) in [6.45, 7) is 0. The molecular weight excluding hydrogens is 524 g/mol. The van der Waals surface area contributed by atoms with Gasteiger partial charge in [-0.15, -0.1) is 0 Å². The lowest BCUT2D eigenvalue weighted by Crippen LogP contribution is -2.01. The lowest BCUT2D eigenvalue weighted by atomic mass is 9.88. The fourth-order valence-electron chi connectivity index (χ4n) is 6.73. The zero-order valence-corrected chi connectivity index (χ0v) is 22.8. The van der Waals surface area contributed by atoms with E-state index in [1.165, 1.54) is 0 Å². The van der Waals surface area contributed by atoms with E-state index in [1.807, 2.05) is 54.6 Å². The molecule has 0 aliphatic heterocycles. The number of benzene rings is 6. The summed E-state index contributed by atoms with van der Waals surface area (Å²) in [5.74, 6) is 0. The van der Waals surface area contributed by atoms with Gasteiger partial charge in [0.15, 0.2) is 0 Å². The third-order valence-electron chi connectivity index (χ3n) is 8.47. The average molecular weight is 545 g/mol. The first-order valence-electron chi connectivity index (χ1n) is 14.0. The Morgan fingerprint density at radius 2 is 1.00 bits per heavy atom. The van der Waals surface area contributed by atoms with Crippen LogP contribution in [0.25, 0.3) is 71.1 Å². The first-order chi connectivity index (χ1) is 21.2. The maximum atomic E-state index is 10.6. The number of aromatic nitrogens is 1. The van der Waals surface area contributed by atoms with Crippen molar-refractivity contribution in [1.29, 1.82) is 15.8 Å². The number of hydrogen-bond acceptors (Lipinski definition) is 3. The summed E-state index contributed by atoms with van der Waals surface area (Å²) in [5, 5.41) is 37.9. The molecule has 4 heteroatoms. The molecule has 2 heterocycles. The van der Waals surface area contributed by atoms with Gasteiger partial charge in [-0.25, -0.2) is 0 Å². The van der Waals surface area contributed by atoms with Crippen molar-refractivity contribution in [2.45, 2.75) is 0 Å². The van der Waals surface area contributed by atoms with Gasteiger partial charge in [0.05, 0.1) is 33.4 Å². The van der Waals surface area contributed by atoms with Gasteiger partial charge in [0.25, 0.3) is 0 Å². The van der Waals surface area contributed by atoms with Gasteiger partial charge >= 0.3 is 0 Å². The molecule has 8 rings (SSSR count). The lowest BCUT2D eigenvalue weighted by Gasteiger charge is -2.19. The molecule has 0 fully saturated rings. The third-order valence-corrected chi connectivity index (χ3v) is 8.47. The Morgan fingerprint density at radius 3 is 1.58 bits per heavy atom. The molecule has 0 radical (unpaired) electrons. The second-order valence-corrected chi connectivity index (χ2v) is 10.6. The molecule has 0 saturated carbocycles. The number of fused-ring (bicyclic) bond motifs is 11. The third kappa shape index (κ3) is 3.34. The molecule has 4 nitrogen and oxygen atoms in total. The molecule has 0 bridgehead atoms. The van der Waals surface area contributed by atoms with Crippen LogP contribution in [-0.2, 0) is 0 Å². The molecule has 2 aromatic heterocycles. The Kier molecular flexibility index (Phi) is 5.29. The predicted molar refractivity (Wildman–Crippen MR) is 172 cm³/mol. The van der Waals surface area contributed by atoms with E-state index in [2.05, 4.69) is 83.3 Å². The van der Waals surface area contributed by atoms with Crippen LogP contribution in [0.5, 0.6) is 0 Å². The molecule has 6 aromatic carbocycles. The number of rotatable bonds is 2. The molecular formula is C39H20N4. The Bertz CT molecular complexity index is 2570. The second-order valence-electron chi connectivity index (χ2n) is 10.6. The zero-order valence-electron chi connectivity index (χ0n) is 22.8. The highest BCUT2D eigenvalue weighted by atomic mass is 14.9. The van der Waals surface area contributed by atoms with Crippen molar-refractivity contribution in [2.75, 3.05) is 0 Å². The van der Waals surface area contributed by atoms with E-state index in [9.17, 15) is 15.8 Å². The first kappa shape index (κ1) is 24.4. The lowest BCUT2D eigenvalue weighted by molar-refractivity contribution is 1.28. The Hall–Kier alpha value is -6.41. The van der Waals surface area contributed by atoms with Crippen molar-refractivity contribution < 1.29 is 0 Å². The molecule has 196 valence electrons. The van der Waals surface area contributed by atoms with E-state index in [-0.39, 0.29) is 16.7 Å². The molecule has 0 atom stereocenters. The van der Waals surface area contributed by atoms with E-state index in [4.69, 9.17) is 0 Å². The van der Waals surface area contributed by atoms with Gasteiger partial charge in [-0.05, 0) is 44.8 Å². The largest absolute Gasteiger partial charge is 0.308 e. The van der Waals surface area contributed by atoms with Gasteiger partial charge in [0.1, 0.15) is 18.2 Å². The van der Waals surface area contributed by atoms with Crippen molar-refractivity contribution in [3.05, 3.63) is 138 Å². The van der Waals surface area contributed by atoms with Gasteiger partial charge < -0.3 is 4.40 Å². The molecule has 43 heavy (non-hydrogen) atoms. The van der Waals surface area contributed by atoms with Crippen LogP contribution in [0, 0.1) is 34.0 Å². The van der Waals surface area contributed by atoms with Gasteiger partial charge in [-0.3, -0.25) is 0 Å². The molecule has 0 aliphatic rings. The molecule has 8 aromatic rings. The normalized spacial score (nSPS) is 11.2. The minimum Gasteiger partial charge on any atom is -0.308 e. The SMILES string of the molecule is N#Cc1cc2c(c(C#N)c1C#N)c1c3ccccc3c3ccccc3c1c1c(-c3ccccc3)cc(-c3ccccc3)n21. The van der Waals surface area contributed by atoms with E-state index < -0.39 is 0 Å². The highest BCUT2D eigenvalue weighted by molar-refractivity contribution is 6.36. The monoisotopic (exact) mass is 544 g/mol. The maximum Gasteiger partial charge on any atom is 0.102 e. The minimum absolute atomic E-state index is 0.104. The Labute approximate surface area is 247 Å². The summed E-state index contributed by atoms with van der Waals surface area (Å²) in [6, 6.07) is 47.8. The fraction of sp³-hybridized carbons (Fsp3) is 0. The average Bonchev–Trinajstić information content (AvgIpc) is 3.48. The van der Waals surface area contributed by atoms with Crippen molar-refractivity contribution in [3.8, 4) is 40.6 Å². The van der Waals surface area contributed by atoms with Crippen LogP contribution in [0.15, 0.2) is 121 Å². The summed E-state index contributed by atoms with van der Waals surface area (Å²) in [7, 11) is 0. The summed E-state index contributed by atoms with van der Waals surface area (Å²) in [6.07, 6.45) is 0. The fourth-order valence-corrected chi connectivity index (χ4v) is 6.73. The summed E-state index contributed by atoms with van der Waals surface area (Å²) in [4.78, 5) is 0. The highest BCUT2D eigenvalue weighted by Gasteiger charge is 2.26. The van der Waals surface area contributed by atoms with Crippen LogP contribution in [0.4, 0.5) is 0 Å². The van der Waals surface area contributed by atoms with Crippen molar-refractivity contribution in [3.63, 3.8) is 0 Å². The minimum atomic E-state index is 0.104. The molecule has 0 N–H and O–H groups in total. The van der Waals surface area contributed by atoms with Gasteiger partial charge in [-0.2, -0.15) is 15.8 Å². The molecule has 0 amide bonds. The summed E-state index contributed by atoms with van der Waals surface area (Å²) in [5.41, 5.74) is 6.28. The van der Waals surface area contributed by atoms with Gasteiger partial charge in [0.2, 0.25) is 0 Å². The Morgan fingerprint density at radius 1 is 0.465 bits per heavy atom. The van der Waals surface area contributed by atoms with Gasteiger partial charge in [0, 0.05) is 21.7 Å². The first-order valence-corrected chi connectivity index (χ1v) is 14.0. The quantitative estimate of drug-likeness (QED) is 0.203. The molecule has 0 unspecified atom stereocenters. The summed E-state index contributed by atoms with van der Waals surface area (Å²) < 4.78 is 2.19. The Balaban J connectivity index is 1.82. The van der Waals surface area contributed by atoms with E-state index >= 15 is 0 Å². The van der Waals surface area contributed by atoms with Crippen LogP contribution in [0.1, 0.15) is 16.7 Å². The van der Waals surface area contributed by atoms with Crippen molar-refractivity contribution in [1.82, 2.24) is 4.40 Å². The van der Waals surface area contributed by atoms with Crippen LogP contribution in [0.3, 0.4) is 0 Å². The van der Waals surface area contributed by atoms with E-state index in [0.717, 1.165) is 65.7 Å². The standard InChI is InChI=1S/C39H20N4/c40-21-26-19-35-36(33(23-42)32(26)22-41)37-29-17-9-7-15-27(29)28-16-8-10-18-30(28)38(37)39-31(24-11-3-1-4-12-24)20-34(43(35)39)25-13-5-2-6-14-25/h1-20H. The van der Waals surface area contributed by atoms with Crippen LogP contribution in [-0.4, -0.2) is 4.40 Å². The van der Waals surface area contributed by atoms with Crippen molar-refractivity contribution in [2.24, 2.45) is 0 Å². The number of nitriles is 3. The van der Waals surface area contributed by atoms with Crippen LogP contribution in [0.2, 0.25) is 0 Å². The zero-order chi connectivity index (χ0) is 29.1. The van der Waals surface area contributed by atoms with E-state index in [1.54, 1.807) is 6.07 Å². The number of hydrogen-bond donors (Lipinski definition) is 0. The van der Waals surface area contributed by atoms with Crippen LogP contribution < -0.4 is 0 Å². The highest BCUT2D eigenvalue weighted by Crippen LogP contribution is 2.47. The maximum absolute atomic E-state index is 10.6. The summed E-state index contributed by atoms with van der Waals surface area (Å²) >= 11 is 0. The molecule has 0 saturated heterocycles. The van der Waals surface area contributed by atoms with Gasteiger partial charge in [-0.1, -0.05) is 109 Å². The van der Waals surface area contributed by atoms with Crippen LogP contribution >= 0.6 is 0 Å². The number of nitrogens with zero attached hydrogens (tertiary/aromatic N) is 4. The van der Waals surface area contributed by atoms with E-state index in [0.29, 0.717) is 5.39 Å². The number of pyridine rings is 1.